The first kappa shape index (κ1) is 13.0. The van der Waals surface area contributed by atoms with Gasteiger partial charge in [0.25, 0.3) is 0 Å². The van der Waals surface area contributed by atoms with Crippen LogP contribution in [0.4, 0.5) is 13.2 Å². The molecule has 16 heavy (non-hydrogen) atoms. The molecule has 0 bridgehead atoms. The van der Waals surface area contributed by atoms with Gasteiger partial charge in [0.15, 0.2) is 6.10 Å². The van der Waals surface area contributed by atoms with Crippen LogP contribution in [0.2, 0.25) is 0 Å². The lowest BCUT2D eigenvalue weighted by atomic mass is 10.2. The van der Waals surface area contributed by atoms with Crippen LogP contribution in [0.15, 0.2) is 30.3 Å². The molecule has 0 aliphatic rings. The van der Waals surface area contributed by atoms with E-state index in [1.807, 2.05) is 30.3 Å². The minimum atomic E-state index is -4.53. The van der Waals surface area contributed by atoms with Crippen molar-refractivity contribution in [3.63, 3.8) is 0 Å². The number of benzene rings is 1. The molecule has 2 nitrogen and oxygen atoms in total. The van der Waals surface area contributed by atoms with Crippen molar-refractivity contribution in [3.05, 3.63) is 35.9 Å². The van der Waals surface area contributed by atoms with E-state index in [1.165, 1.54) is 0 Å². The van der Waals surface area contributed by atoms with Crippen molar-refractivity contribution < 1.29 is 23.2 Å². The Kier molecular flexibility index (Phi) is 4.32. The third-order valence-corrected chi connectivity index (χ3v) is 2.27. The smallest absolute Gasteiger partial charge is 0.379 e. The van der Waals surface area contributed by atoms with Gasteiger partial charge in [-0.05, 0) is 0 Å². The zero-order valence-electron chi connectivity index (χ0n) is 8.96. The summed E-state index contributed by atoms with van der Waals surface area (Å²) < 4.78 is 36.3. The van der Waals surface area contributed by atoms with Crippen LogP contribution in [0, 0.1) is 0 Å². The number of alkyl halides is 3. The van der Waals surface area contributed by atoms with Gasteiger partial charge in [-0.25, -0.2) is 0 Å². The van der Waals surface area contributed by atoms with Crippen molar-refractivity contribution in [2.45, 2.75) is 18.8 Å². The molecule has 1 aromatic rings. The van der Waals surface area contributed by atoms with Gasteiger partial charge in [0.1, 0.15) is 13.1 Å². The lowest BCUT2D eigenvalue weighted by Gasteiger charge is -2.19. The van der Waals surface area contributed by atoms with E-state index in [1.54, 1.807) is 7.05 Å². The van der Waals surface area contributed by atoms with Crippen LogP contribution in [0.1, 0.15) is 5.56 Å². The average molecular weight is 234 g/mol. The molecule has 0 spiro atoms. The molecule has 0 saturated heterocycles. The number of aliphatic hydroxyl groups excluding tert-OH is 1. The Morgan fingerprint density at radius 1 is 1.25 bits per heavy atom. The number of hydrogen-bond acceptors (Lipinski definition) is 1. The van der Waals surface area contributed by atoms with Gasteiger partial charge in [0.05, 0.1) is 7.05 Å². The van der Waals surface area contributed by atoms with E-state index in [-0.39, 0.29) is 6.54 Å². The fourth-order valence-electron chi connectivity index (χ4n) is 1.46. The Balaban J connectivity index is 2.45. The fourth-order valence-corrected chi connectivity index (χ4v) is 1.46. The van der Waals surface area contributed by atoms with Gasteiger partial charge in [-0.15, -0.1) is 0 Å². The van der Waals surface area contributed by atoms with Gasteiger partial charge in [-0.2, -0.15) is 13.2 Å². The van der Waals surface area contributed by atoms with E-state index in [0.29, 0.717) is 11.4 Å². The Hall–Kier alpha value is -1.07. The van der Waals surface area contributed by atoms with E-state index in [2.05, 4.69) is 0 Å². The molecule has 90 valence electrons. The van der Waals surface area contributed by atoms with Crippen LogP contribution in [-0.2, 0) is 6.54 Å². The maximum absolute atomic E-state index is 12.1. The molecular weight excluding hydrogens is 219 g/mol. The Morgan fingerprint density at radius 2 is 1.81 bits per heavy atom. The summed E-state index contributed by atoms with van der Waals surface area (Å²) in [5, 5.41) is 8.89. The molecule has 0 aliphatic heterocycles. The number of likely N-dealkylation sites (N-methyl/N-ethyl adjacent to an activating group) is 1. The second-order valence-corrected chi connectivity index (χ2v) is 3.88. The molecule has 0 fully saturated rings. The topological polar surface area (TPSA) is 24.7 Å². The van der Waals surface area contributed by atoms with Gasteiger partial charge < -0.3 is 10.0 Å². The van der Waals surface area contributed by atoms with Gasteiger partial charge in [0, 0.05) is 5.56 Å². The second-order valence-electron chi connectivity index (χ2n) is 3.88. The average Bonchev–Trinajstić information content (AvgIpc) is 2.17. The Bertz CT molecular complexity index is 313. The molecule has 1 unspecified atom stereocenters. The highest BCUT2D eigenvalue weighted by molar-refractivity contribution is 5.13. The third kappa shape index (κ3) is 4.20. The molecular formula is C11H15F3NO+. The molecule has 1 rings (SSSR count). The van der Waals surface area contributed by atoms with Crippen LogP contribution in [-0.4, -0.2) is 31.0 Å². The summed E-state index contributed by atoms with van der Waals surface area (Å²) in [6.07, 6.45) is -6.78. The maximum Gasteiger partial charge on any atom is 0.419 e. The van der Waals surface area contributed by atoms with Crippen molar-refractivity contribution >= 4 is 0 Å². The van der Waals surface area contributed by atoms with Gasteiger partial charge in [0.2, 0.25) is 0 Å². The quantitative estimate of drug-likeness (QED) is 0.784. The largest absolute Gasteiger partial charge is 0.419 e. The first-order valence-corrected chi connectivity index (χ1v) is 4.99. The van der Waals surface area contributed by atoms with Crippen molar-refractivity contribution in [1.29, 1.82) is 0 Å². The van der Waals surface area contributed by atoms with Gasteiger partial charge in [-0.3, -0.25) is 0 Å². The summed E-state index contributed by atoms with van der Waals surface area (Å²) >= 11 is 0. The SMILES string of the molecule is C[NH+](Cc1ccccc1)C[C@@H](O)C(F)(F)F. The number of hydrogen-bond donors (Lipinski definition) is 2. The summed E-state index contributed by atoms with van der Waals surface area (Å²) in [7, 11) is 1.63. The first-order chi connectivity index (χ1) is 7.39. The maximum atomic E-state index is 12.1. The summed E-state index contributed by atoms with van der Waals surface area (Å²) in [6.45, 7) is 0.131. The summed E-state index contributed by atoms with van der Waals surface area (Å²) in [5.74, 6) is 0. The van der Waals surface area contributed by atoms with Gasteiger partial charge in [-0.1, -0.05) is 30.3 Å². The molecule has 0 amide bonds. The molecule has 2 atom stereocenters. The molecule has 1 aromatic carbocycles. The monoisotopic (exact) mass is 234 g/mol. The van der Waals surface area contributed by atoms with Crippen LogP contribution in [0.25, 0.3) is 0 Å². The second kappa shape index (κ2) is 5.32. The fraction of sp³-hybridized carbons (Fsp3) is 0.455. The van der Waals surface area contributed by atoms with Crippen LogP contribution in [0.5, 0.6) is 0 Å². The standard InChI is InChI=1S/C11H14F3NO/c1-15(8-10(16)11(12,13)14)7-9-5-3-2-4-6-9/h2-6,10,16H,7-8H2,1H3/p+1/t10-/m1/s1. The summed E-state index contributed by atoms with van der Waals surface area (Å²) in [4.78, 5) is 0.621. The molecule has 5 heteroatoms. The molecule has 2 N–H and O–H groups in total. The predicted octanol–water partition coefficient (Wildman–Crippen LogP) is 0.624. The Morgan fingerprint density at radius 3 is 2.31 bits per heavy atom. The highest BCUT2D eigenvalue weighted by atomic mass is 19.4. The van der Waals surface area contributed by atoms with E-state index in [0.717, 1.165) is 5.56 Å². The molecule has 0 saturated carbocycles. The van der Waals surface area contributed by atoms with Crippen LogP contribution in [0.3, 0.4) is 0 Å². The zero-order chi connectivity index (χ0) is 12.2. The van der Waals surface area contributed by atoms with E-state index in [4.69, 9.17) is 5.11 Å². The van der Waals surface area contributed by atoms with Crippen molar-refractivity contribution in [2.24, 2.45) is 0 Å². The van der Waals surface area contributed by atoms with Crippen LogP contribution >= 0.6 is 0 Å². The molecule has 0 radical (unpaired) electrons. The number of halogens is 3. The number of rotatable bonds is 4. The number of quaternary nitrogens is 1. The minimum Gasteiger partial charge on any atom is -0.379 e. The minimum absolute atomic E-state index is 0.335. The third-order valence-electron chi connectivity index (χ3n) is 2.27. The van der Waals surface area contributed by atoms with E-state index < -0.39 is 12.3 Å². The first-order valence-electron chi connectivity index (χ1n) is 4.99. The highest BCUT2D eigenvalue weighted by Crippen LogP contribution is 2.18. The summed E-state index contributed by atoms with van der Waals surface area (Å²) in [6, 6.07) is 9.22. The molecule has 0 aliphatic carbocycles. The van der Waals surface area contributed by atoms with Crippen molar-refractivity contribution in [3.8, 4) is 0 Å². The lowest BCUT2D eigenvalue weighted by Crippen LogP contribution is -3.09. The van der Waals surface area contributed by atoms with E-state index in [9.17, 15) is 13.2 Å². The highest BCUT2D eigenvalue weighted by Gasteiger charge is 2.40. The number of aliphatic hydroxyl groups is 1. The predicted molar refractivity (Wildman–Crippen MR) is 54.0 cm³/mol. The van der Waals surface area contributed by atoms with Crippen molar-refractivity contribution in [2.75, 3.05) is 13.6 Å². The molecule has 0 aromatic heterocycles. The van der Waals surface area contributed by atoms with E-state index >= 15 is 0 Å². The summed E-state index contributed by atoms with van der Waals surface area (Å²) in [5.41, 5.74) is 0.953. The normalized spacial score (nSPS) is 15.8. The number of nitrogens with one attached hydrogen (secondary N) is 1. The Labute approximate surface area is 92.3 Å². The van der Waals surface area contributed by atoms with Crippen molar-refractivity contribution in [1.82, 2.24) is 0 Å². The van der Waals surface area contributed by atoms with Gasteiger partial charge >= 0.3 is 6.18 Å². The van der Waals surface area contributed by atoms with Crippen LogP contribution < -0.4 is 4.90 Å². The molecule has 0 heterocycles. The zero-order valence-corrected chi connectivity index (χ0v) is 8.96. The lowest BCUT2D eigenvalue weighted by molar-refractivity contribution is -0.898.